The van der Waals surface area contributed by atoms with E-state index in [1.807, 2.05) is 0 Å². The molecule has 0 bridgehead atoms. The predicted molar refractivity (Wildman–Crippen MR) is 56.8 cm³/mol. The van der Waals surface area contributed by atoms with Crippen LogP contribution in [0.25, 0.3) is 0 Å². The average molecular weight is 195 g/mol. The smallest absolute Gasteiger partial charge is 0.225 e. The van der Waals surface area contributed by atoms with E-state index in [9.17, 15) is 4.79 Å². The molecule has 2 nitrogen and oxygen atoms in total. The Hall–Kier alpha value is -0.530. The molecule has 1 saturated carbocycles. The summed E-state index contributed by atoms with van der Waals surface area (Å²) in [5.74, 6) is 2.87. The second-order valence-corrected chi connectivity index (χ2v) is 5.17. The first-order chi connectivity index (χ1) is 6.63. The number of likely N-dealkylation sites (tertiary alicyclic amines) is 1. The molecular weight excluding hydrogens is 174 g/mol. The Morgan fingerprint density at radius 2 is 1.93 bits per heavy atom. The summed E-state index contributed by atoms with van der Waals surface area (Å²) in [6.07, 6.45) is 2.48. The molecule has 80 valence electrons. The fourth-order valence-corrected chi connectivity index (χ4v) is 2.46. The van der Waals surface area contributed by atoms with Crippen molar-refractivity contribution >= 4 is 5.91 Å². The number of hydrogen-bond acceptors (Lipinski definition) is 1. The van der Waals surface area contributed by atoms with Crippen molar-refractivity contribution in [3.63, 3.8) is 0 Å². The average Bonchev–Trinajstić information content (AvgIpc) is 2.82. The monoisotopic (exact) mass is 195 g/mol. The van der Waals surface area contributed by atoms with Crippen LogP contribution in [0.1, 0.15) is 33.6 Å². The summed E-state index contributed by atoms with van der Waals surface area (Å²) in [4.78, 5) is 14.1. The Morgan fingerprint density at radius 3 is 2.43 bits per heavy atom. The minimum absolute atomic E-state index is 0.220. The number of piperidine rings is 1. The Kier molecular flexibility index (Phi) is 2.54. The molecule has 2 aliphatic rings. The van der Waals surface area contributed by atoms with E-state index in [4.69, 9.17) is 0 Å². The molecule has 0 aromatic heterocycles. The lowest BCUT2D eigenvalue weighted by atomic mass is 9.92. The van der Waals surface area contributed by atoms with Crippen LogP contribution in [0, 0.1) is 23.7 Å². The van der Waals surface area contributed by atoms with E-state index in [1.54, 1.807) is 0 Å². The lowest BCUT2D eigenvalue weighted by Crippen LogP contribution is -2.36. The molecule has 2 rings (SSSR count). The van der Waals surface area contributed by atoms with Crippen molar-refractivity contribution in [2.45, 2.75) is 33.6 Å². The Balaban J connectivity index is 1.88. The molecule has 0 aromatic rings. The third-order valence-electron chi connectivity index (χ3n) is 4.18. The van der Waals surface area contributed by atoms with Crippen molar-refractivity contribution in [3.8, 4) is 0 Å². The number of amides is 1. The largest absolute Gasteiger partial charge is 0.342 e. The number of carbonyl (C=O) groups is 1. The van der Waals surface area contributed by atoms with Crippen molar-refractivity contribution in [3.05, 3.63) is 0 Å². The molecule has 14 heavy (non-hydrogen) atoms. The highest BCUT2D eigenvalue weighted by Gasteiger charge is 2.47. The molecule has 0 radical (unpaired) electrons. The fraction of sp³-hybridized carbons (Fsp3) is 0.917. The summed E-state index contributed by atoms with van der Waals surface area (Å²) in [7, 11) is 0. The van der Waals surface area contributed by atoms with Gasteiger partial charge < -0.3 is 4.90 Å². The van der Waals surface area contributed by atoms with Gasteiger partial charge in [0.2, 0.25) is 5.91 Å². The van der Waals surface area contributed by atoms with E-state index in [1.165, 1.54) is 6.42 Å². The van der Waals surface area contributed by atoms with E-state index < -0.39 is 0 Å². The fourth-order valence-electron chi connectivity index (χ4n) is 2.46. The highest BCUT2D eigenvalue weighted by Crippen LogP contribution is 2.45. The normalized spacial score (nSPS) is 33.8. The van der Waals surface area contributed by atoms with Gasteiger partial charge in [-0.3, -0.25) is 4.79 Å². The van der Waals surface area contributed by atoms with Gasteiger partial charge in [-0.15, -0.1) is 0 Å². The molecule has 1 aliphatic carbocycles. The third-order valence-corrected chi connectivity index (χ3v) is 4.18. The van der Waals surface area contributed by atoms with Gasteiger partial charge in [-0.05, 0) is 24.2 Å². The van der Waals surface area contributed by atoms with E-state index in [-0.39, 0.29) is 5.92 Å². The van der Waals surface area contributed by atoms with Crippen LogP contribution < -0.4 is 0 Å². The molecule has 0 aromatic carbocycles. The summed E-state index contributed by atoms with van der Waals surface area (Å²) in [5, 5.41) is 0. The van der Waals surface area contributed by atoms with Crippen LogP contribution in [-0.4, -0.2) is 23.9 Å². The van der Waals surface area contributed by atoms with Gasteiger partial charge in [0.25, 0.3) is 0 Å². The molecule has 1 unspecified atom stereocenters. The zero-order valence-corrected chi connectivity index (χ0v) is 9.49. The Bertz CT molecular complexity index is 224. The van der Waals surface area contributed by atoms with Gasteiger partial charge in [0.05, 0.1) is 0 Å². The summed E-state index contributed by atoms with van der Waals surface area (Å²) in [6, 6.07) is 0. The van der Waals surface area contributed by atoms with Crippen LogP contribution in [0.5, 0.6) is 0 Å². The number of nitrogens with zero attached hydrogens (tertiary/aromatic N) is 1. The van der Waals surface area contributed by atoms with Gasteiger partial charge in [-0.2, -0.15) is 0 Å². The van der Waals surface area contributed by atoms with E-state index in [0.29, 0.717) is 11.8 Å². The standard InChI is InChI=1S/C12H21NO/c1-4-8(2)9(3)12(14)13-6-10-5-11(10)7-13/h8-11H,4-7H2,1-3H3/t8?,9-,10-,11+/m0/s1. The van der Waals surface area contributed by atoms with Crippen molar-refractivity contribution in [1.29, 1.82) is 0 Å². The van der Waals surface area contributed by atoms with Gasteiger partial charge in [0, 0.05) is 19.0 Å². The van der Waals surface area contributed by atoms with Crippen LogP contribution in [0.4, 0.5) is 0 Å². The summed E-state index contributed by atoms with van der Waals surface area (Å²) < 4.78 is 0. The molecule has 1 aliphatic heterocycles. The van der Waals surface area contributed by atoms with Crippen LogP contribution >= 0.6 is 0 Å². The van der Waals surface area contributed by atoms with E-state index >= 15 is 0 Å². The lowest BCUT2D eigenvalue weighted by Gasteiger charge is -2.25. The molecule has 4 atom stereocenters. The quantitative estimate of drug-likeness (QED) is 0.675. The maximum absolute atomic E-state index is 12.0. The van der Waals surface area contributed by atoms with Gasteiger partial charge in [0.1, 0.15) is 0 Å². The Morgan fingerprint density at radius 1 is 1.36 bits per heavy atom. The van der Waals surface area contributed by atoms with Crippen molar-refractivity contribution < 1.29 is 4.79 Å². The summed E-state index contributed by atoms with van der Waals surface area (Å²) in [5.41, 5.74) is 0. The molecule has 1 amide bonds. The van der Waals surface area contributed by atoms with Crippen LogP contribution in [0.15, 0.2) is 0 Å². The number of rotatable bonds is 3. The maximum Gasteiger partial charge on any atom is 0.225 e. The molecule has 1 saturated heterocycles. The van der Waals surface area contributed by atoms with Crippen LogP contribution in [0.2, 0.25) is 0 Å². The zero-order chi connectivity index (χ0) is 10.3. The maximum atomic E-state index is 12.0. The molecule has 2 fully saturated rings. The third kappa shape index (κ3) is 1.67. The second-order valence-electron chi connectivity index (χ2n) is 5.17. The first-order valence-electron chi connectivity index (χ1n) is 5.92. The number of fused-ring (bicyclic) bond motifs is 1. The number of carbonyl (C=O) groups excluding carboxylic acids is 1. The molecule has 0 spiro atoms. The van der Waals surface area contributed by atoms with Gasteiger partial charge in [0.15, 0.2) is 0 Å². The van der Waals surface area contributed by atoms with Gasteiger partial charge in [-0.25, -0.2) is 0 Å². The lowest BCUT2D eigenvalue weighted by molar-refractivity contribution is -0.136. The van der Waals surface area contributed by atoms with E-state index in [2.05, 4.69) is 25.7 Å². The van der Waals surface area contributed by atoms with Crippen molar-refractivity contribution in [1.82, 2.24) is 4.90 Å². The van der Waals surface area contributed by atoms with Crippen LogP contribution in [-0.2, 0) is 4.79 Å². The molecule has 2 heteroatoms. The van der Waals surface area contributed by atoms with Crippen LogP contribution in [0.3, 0.4) is 0 Å². The minimum atomic E-state index is 0.220. The summed E-state index contributed by atoms with van der Waals surface area (Å²) >= 11 is 0. The predicted octanol–water partition coefficient (Wildman–Crippen LogP) is 2.15. The first kappa shape index (κ1) is 10.0. The topological polar surface area (TPSA) is 20.3 Å². The molecule has 1 heterocycles. The highest BCUT2D eigenvalue weighted by molar-refractivity contribution is 5.79. The second kappa shape index (κ2) is 3.56. The van der Waals surface area contributed by atoms with E-state index in [0.717, 1.165) is 31.3 Å². The first-order valence-corrected chi connectivity index (χ1v) is 5.92. The van der Waals surface area contributed by atoms with Crippen molar-refractivity contribution in [2.75, 3.05) is 13.1 Å². The van der Waals surface area contributed by atoms with Crippen molar-refractivity contribution in [2.24, 2.45) is 23.7 Å². The molecule has 0 N–H and O–H groups in total. The SMILES string of the molecule is CCC(C)[C@H](C)C(=O)N1C[C@H]2C[C@H]2C1. The summed E-state index contributed by atoms with van der Waals surface area (Å²) in [6.45, 7) is 8.52. The molecular formula is C12H21NO. The number of hydrogen-bond donors (Lipinski definition) is 0. The van der Waals surface area contributed by atoms with Gasteiger partial charge >= 0.3 is 0 Å². The minimum Gasteiger partial charge on any atom is -0.342 e. The van der Waals surface area contributed by atoms with Gasteiger partial charge in [-0.1, -0.05) is 27.2 Å². The Labute approximate surface area is 86.7 Å². The zero-order valence-electron chi connectivity index (χ0n) is 9.49. The highest BCUT2D eigenvalue weighted by atomic mass is 16.2.